The third kappa shape index (κ3) is 3.08. The first kappa shape index (κ1) is 11.8. The molecule has 1 aromatic heterocycles. The second-order valence-corrected chi connectivity index (χ2v) is 4.55. The molecule has 0 spiro atoms. The number of fused-ring (bicyclic) bond motifs is 1. The Morgan fingerprint density at radius 2 is 1.73 bits per heavy atom. The third-order valence-corrected chi connectivity index (χ3v) is 1.97. The molecule has 0 atom stereocenters. The predicted octanol–water partition coefficient (Wildman–Crippen LogP) is 3.84. The molecule has 82 valence electrons. The van der Waals surface area contributed by atoms with Crippen LogP contribution in [0.5, 0.6) is 0 Å². The van der Waals surface area contributed by atoms with Gasteiger partial charge in [0.2, 0.25) is 0 Å². The highest BCUT2D eigenvalue weighted by atomic mass is 15.1. The third-order valence-electron chi connectivity index (χ3n) is 1.97. The maximum Gasteiger partial charge on any atom is 0.0926 e. The molecule has 0 saturated heterocycles. The van der Waals surface area contributed by atoms with E-state index in [9.17, 15) is 0 Å². The molecule has 2 aromatic rings. The minimum absolute atomic E-state index is 0.833. The smallest absolute Gasteiger partial charge is 0.0926 e. The van der Waals surface area contributed by atoms with Crippen molar-refractivity contribution in [3.05, 3.63) is 29.5 Å². The van der Waals surface area contributed by atoms with Crippen LogP contribution in [-0.4, -0.2) is 10.2 Å². The summed E-state index contributed by atoms with van der Waals surface area (Å²) in [6.45, 7) is 10.6. The molecular formula is C13H20N2. The fraction of sp³-hybridized carbons (Fsp3) is 0.462. The van der Waals surface area contributed by atoms with E-state index in [2.05, 4.69) is 44.0 Å². The fourth-order valence-corrected chi connectivity index (χ4v) is 1.43. The largest absolute Gasteiger partial charge is 0.282 e. The second kappa shape index (κ2) is 4.96. The van der Waals surface area contributed by atoms with E-state index in [0.717, 1.165) is 17.1 Å². The lowest BCUT2D eigenvalue weighted by Crippen LogP contribution is -1.75. The van der Waals surface area contributed by atoms with Gasteiger partial charge >= 0.3 is 0 Å². The van der Waals surface area contributed by atoms with Crippen LogP contribution in [0.3, 0.4) is 0 Å². The Morgan fingerprint density at radius 3 is 2.27 bits per heavy atom. The van der Waals surface area contributed by atoms with Crippen LogP contribution in [0, 0.1) is 19.8 Å². The van der Waals surface area contributed by atoms with Crippen LogP contribution in [0.2, 0.25) is 0 Å². The van der Waals surface area contributed by atoms with E-state index < -0.39 is 0 Å². The summed E-state index contributed by atoms with van der Waals surface area (Å²) in [7, 11) is 0. The first-order chi connectivity index (χ1) is 7.02. The summed E-state index contributed by atoms with van der Waals surface area (Å²) in [5.41, 5.74) is 3.49. The summed E-state index contributed by atoms with van der Waals surface area (Å²) < 4.78 is 0. The van der Waals surface area contributed by atoms with Crippen LogP contribution in [-0.2, 0) is 0 Å². The van der Waals surface area contributed by atoms with Gasteiger partial charge in [-0.2, -0.15) is 5.10 Å². The highest BCUT2D eigenvalue weighted by molar-refractivity contribution is 5.84. The van der Waals surface area contributed by atoms with E-state index in [-0.39, 0.29) is 0 Å². The van der Waals surface area contributed by atoms with Gasteiger partial charge in [0.15, 0.2) is 0 Å². The number of nitrogens with zero attached hydrogens (tertiary/aromatic N) is 1. The number of benzene rings is 1. The van der Waals surface area contributed by atoms with Crippen molar-refractivity contribution < 1.29 is 0 Å². The molecule has 2 nitrogen and oxygen atoms in total. The second-order valence-electron chi connectivity index (χ2n) is 4.55. The summed E-state index contributed by atoms with van der Waals surface area (Å²) in [6, 6.07) is 6.15. The first-order valence-corrected chi connectivity index (χ1v) is 5.42. The van der Waals surface area contributed by atoms with Gasteiger partial charge in [-0.15, -0.1) is 0 Å². The van der Waals surface area contributed by atoms with Crippen LogP contribution in [0.25, 0.3) is 10.9 Å². The maximum absolute atomic E-state index is 4.15. The lowest BCUT2D eigenvalue weighted by Gasteiger charge is -1.93. The van der Waals surface area contributed by atoms with Crippen LogP contribution < -0.4 is 0 Å². The van der Waals surface area contributed by atoms with Crippen molar-refractivity contribution in [2.45, 2.75) is 34.6 Å². The first-order valence-electron chi connectivity index (χ1n) is 5.42. The van der Waals surface area contributed by atoms with Gasteiger partial charge in [0.1, 0.15) is 0 Å². The van der Waals surface area contributed by atoms with Gasteiger partial charge in [-0.1, -0.05) is 32.9 Å². The van der Waals surface area contributed by atoms with Crippen LogP contribution in [0.15, 0.2) is 18.2 Å². The van der Waals surface area contributed by atoms with Crippen LogP contribution in [0.1, 0.15) is 32.0 Å². The van der Waals surface area contributed by atoms with E-state index in [0.29, 0.717) is 0 Å². The monoisotopic (exact) mass is 204 g/mol. The normalized spacial score (nSPS) is 10.3. The van der Waals surface area contributed by atoms with E-state index in [1.807, 2.05) is 19.1 Å². The zero-order valence-electron chi connectivity index (χ0n) is 10.3. The molecule has 0 aliphatic rings. The molecule has 0 aliphatic heterocycles. The van der Waals surface area contributed by atoms with Gasteiger partial charge in [0.05, 0.1) is 5.52 Å². The molecule has 1 N–H and O–H groups in total. The van der Waals surface area contributed by atoms with E-state index in [4.69, 9.17) is 0 Å². The van der Waals surface area contributed by atoms with Gasteiger partial charge in [-0.25, -0.2) is 0 Å². The highest BCUT2D eigenvalue weighted by Crippen LogP contribution is 2.18. The molecule has 0 fully saturated rings. The van der Waals surface area contributed by atoms with E-state index >= 15 is 0 Å². The van der Waals surface area contributed by atoms with Crippen molar-refractivity contribution in [2.24, 2.45) is 5.92 Å². The van der Waals surface area contributed by atoms with Gasteiger partial charge in [-0.05, 0) is 31.4 Å². The summed E-state index contributed by atoms with van der Waals surface area (Å²) in [6.07, 6.45) is 0. The summed E-state index contributed by atoms with van der Waals surface area (Å²) in [5, 5.41) is 8.38. The molecule has 2 rings (SSSR count). The lowest BCUT2D eigenvalue weighted by molar-refractivity contribution is 0.737. The van der Waals surface area contributed by atoms with Crippen molar-refractivity contribution in [1.29, 1.82) is 0 Å². The molecule has 0 bridgehead atoms. The highest BCUT2D eigenvalue weighted by Gasteiger charge is 2.01. The molecule has 0 saturated carbocycles. The van der Waals surface area contributed by atoms with Crippen molar-refractivity contribution in [3.8, 4) is 0 Å². The number of nitrogens with one attached hydrogen (secondary N) is 1. The summed E-state index contributed by atoms with van der Waals surface area (Å²) in [4.78, 5) is 0. The number of aromatic nitrogens is 2. The Bertz CT molecular complexity index is 424. The number of aromatic amines is 1. The summed E-state index contributed by atoms with van der Waals surface area (Å²) >= 11 is 0. The minimum Gasteiger partial charge on any atom is -0.282 e. The van der Waals surface area contributed by atoms with Gasteiger partial charge in [0, 0.05) is 11.1 Å². The van der Waals surface area contributed by atoms with Crippen molar-refractivity contribution in [2.75, 3.05) is 0 Å². The Labute approximate surface area is 91.7 Å². The zero-order valence-corrected chi connectivity index (χ0v) is 10.3. The van der Waals surface area contributed by atoms with E-state index in [1.54, 1.807) is 0 Å². The van der Waals surface area contributed by atoms with Crippen LogP contribution in [0.4, 0.5) is 0 Å². The Hall–Kier alpha value is -1.31. The number of hydrogen-bond acceptors (Lipinski definition) is 1. The van der Waals surface area contributed by atoms with Crippen molar-refractivity contribution >= 4 is 10.9 Å². The quantitative estimate of drug-likeness (QED) is 0.694. The summed E-state index contributed by atoms with van der Waals surface area (Å²) in [5.74, 6) is 0.833. The topological polar surface area (TPSA) is 28.7 Å². The molecule has 2 heteroatoms. The molecule has 0 radical (unpaired) electrons. The fourth-order valence-electron chi connectivity index (χ4n) is 1.43. The van der Waals surface area contributed by atoms with Crippen molar-refractivity contribution in [1.82, 2.24) is 10.2 Å². The molecule has 1 heterocycles. The molecule has 1 aromatic carbocycles. The molecule has 0 unspecified atom stereocenters. The SMILES string of the molecule is CC(C)C.Cc1cccc2n[nH]c(C)c12. The standard InChI is InChI=1S/C9H10N2.C4H10/c1-6-4-3-5-8-9(6)7(2)10-11-8;1-4(2)3/h3-5H,1-2H3,(H,10,11);4H,1-3H3. The molecular weight excluding hydrogens is 184 g/mol. The van der Waals surface area contributed by atoms with E-state index in [1.165, 1.54) is 10.9 Å². The zero-order chi connectivity index (χ0) is 11.4. The number of aryl methyl sites for hydroxylation is 2. The minimum atomic E-state index is 0.833. The predicted molar refractivity (Wildman–Crippen MR) is 66.1 cm³/mol. The van der Waals surface area contributed by atoms with Gasteiger partial charge < -0.3 is 0 Å². The average Bonchev–Trinajstić information content (AvgIpc) is 2.48. The van der Waals surface area contributed by atoms with Gasteiger partial charge in [-0.3, -0.25) is 5.10 Å². The van der Waals surface area contributed by atoms with Gasteiger partial charge in [0.25, 0.3) is 0 Å². The molecule has 0 amide bonds. The van der Waals surface area contributed by atoms with Crippen LogP contribution >= 0.6 is 0 Å². The molecule has 15 heavy (non-hydrogen) atoms. The van der Waals surface area contributed by atoms with Crippen molar-refractivity contribution in [3.63, 3.8) is 0 Å². The number of H-pyrrole nitrogens is 1. The average molecular weight is 204 g/mol. The number of rotatable bonds is 0. The lowest BCUT2D eigenvalue weighted by atomic mass is 10.1. The molecule has 0 aliphatic carbocycles. The Morgan fingerprint density at radius 1 is 1.13 bits per heavy atom. The maximum atomic E-state index is 4.15. The Kier molecular flexibility index (Phi) is 3.89. The number of hydrogen-bond donors (Lipinski definition) is 1. The Balaban J connectivity index is 0.000000245.